The van der Waals surface area contributed by atoms with E-state index in [0.717, 1.165) is 5.56 Å². The number of halogens is 1. The van der Waals surface area contributed by atoms with Crippen molar-refractivity contribution in [2.45, 2.75) is 6.04 Å². The van der Waals surface area contributed by atoms with Gasteiger partial charge in [0, 0.05) is 6.20 Å². The lowest BCUT2D eigenvalue weighted by Crippen LogP contribution is -2.31. The molecule has 0 spiro atoms. The molecule has 0 aliphatic heterocycles. The van der Waals surface area contributed by atoms with Gasteiger partial charge in [0.05, 0.1) is 18.2 Å². The Labute approximate surface area is 109 Å². The molecule has 98 valence electrons. The van der Waals surface area contributed by atoms with Crippen LogP contribution < -0.4 is 5.32 Å². The van der Waals surface area contributed by atoms with Gasteiger partial charge in [-0.2, -0.15) is 4.39 Å². The van der Waals surface area contributed by atoms with Crippen molar-refractivity contribution in [1.29, 1.82) is 0 Å². The normalized spacial score (nSPS) is 11.9. The number of hydrogen-bond donors (Lipinski definition) is 2. The van der Waals surface area contributed by atoms with Crippen LogP contribution in [0, 0.1) is 5.95 Å². The topological polar surface area (TPSA) is 62.2 Å². The predicted octanol–water partition coefficient (Wildman–Crippen LogP) is 1.68. The van der Waals surface area contributed by atoms with Gasteiger partial charge in [-0.1, -0.05) is 30.3 Å². The molecule has 1 atom stereocenters. The second-order valence-electron chi connectivity index (χ2n) is 3.96. The van der Waals surface area contributed by atoms with E-state index < -0.39 is 17.9 Å². The van der Waals surface area contributed by atoms with Gasteiger partial charge in [-0.3, -0.25) is 4.79 Å². The second-order valence-corrected chi connectivity index (χ2v) is 3.96. The molecule has 2 aromatic rings. The third-order valence-corrected chi connectivity index (χ3v) is 2.69. The first-order valence-corrected chi connectivity index (χ1v) is 5.79. The number of aromatic nitrogens is 1. The van der Waals surface area contributed by atoms with Crippen molar-refractivity contribution < 1.29 is 14.3 Å². The first-order valence-electron chi connectivity index (χ1n) is 5.79. The van der Waals surface area contributed by atoms with Crippen molar-refractivity contribution in [3.63, 3.8) is 0 Å². The summed E-state index contributed by atoms with van der Waals surface area (Å²) in [6, 6.07) is 11.2. The standard InChI is InChI=1S/C14H13FN2O2/c15-13-11(7-4-8-16-13)14(19)17-12(9-18)10-5-2-1-3-6-10/h1-8,12,18H,9H2,(H,17,19)/t12-/m0/s1. The first kappa shape index (κ1) is 13.2. The van der Waals surface area contributed by atoms with Crippen LogP contribution in [0.1, 0.15) is 22.0 Å². The Kier molecular flexibility index (Phi) is 4.20. The van der Waals surface area contributed by atoms with E-state index in [0.29, 0.717) is 0 Å². The zero-order valence-corrected chi connectivity index (χ0v) is 10.1. The Morgan fingerprint density at radius 2 is 2.00 bits per heavy atom. The van der Waals surface area contributed by atoms with Crippen molar-refractivity contribution >= 4 is 5.91 Å². The van der Waals surface area contributed by atoms with E-state index in [4.69, 9.17) is 0 Å². The molecular weight excluding hydrogens is 247 g/mol. The molecule has 19 heavy (non-hydrogen) atoms. The monoisotopic (exact) mass is 260 g/mol. The molecule has 1 amide bonds. The minimum atomic E-state index is -0.829. The van der Waals surface area contributed by atoms with Crippen LogP contribution in [0.15, 0.2) is 48.7 Å². The molecule has 1 heterocycles. The van der Waals surface area contributed by atoms with Crippen molar-refractivity contribution in [2.24, 2.45) is 0 Å². The van der Waals surface area contributed by atoms with Gasteiger partial charge in [-0.25, -0.2) is 4.98 Å². The van der Waals surface area contributed by atoms with E-state index in [1.54, 1.807) is 24.3 Å². The largest absolute Gasteiger partial charge is 0.394 e. The van der Waals surface area contributed by atoms with Crippen LogP contribution in [0.25, 0.3) is 0 Å². The summed E-state index contributed by atoms with van der Waals surface area (Å²) in [5.41, 5.74) is 0.611. The molecule has 2 rings (SSSR count). The van der Waals surface area contributed by atoms with Gasteiger partial charge in [-0.05, 0) is 17.7 Å². The number of carbonyl (C=O) groups is 1. The molecule has 0 saturated carbocycles. The molecule has 1 aromatic heterocycles. The minimum Gasteiger partial charge on any atom is -0.394 e. The quantitative estimate of drug-likeness (QED) is 0.822. The Morgan fingerprint density at radius 1 is 1.26 bits per heavy atom. The molecule has 0 unspecified atom stereocenters. The molecule has 4 nitrogen and oxygen atoms in total. The van der Waals surface area contributed by atoms with Crippen LogP contribution in [0.4, 0.5) is 4.39 Å². The summed E-state index contributed by atoms with van der Waals surface area (Å²) in [4.78, 5) is 15.3. The highest BCUT2D eigenvalue weighted by atomic mass is 19.1. The zero-order valence-electron chi connectivity index (χ0n) is 10.1. The van der Waals surface area contributed by atoms with Crippen LogP contribution in [0.5, 0.6) is 0 Å². The number of aliphatic hydroxyl groups is 1. The van der Waals surface area contributed by atoms with E-state index in [-0.39, 0.29) is 12.2 Å². The van der Waals surface area contributed by atoms with Gasteiger partial charge in [0.1, 0.15) is 0 Å². The Balaban J connectivity index is 2.16. The Bertz CT molecular complexity index is 560. The molecule has 5 heteroatoms. The lowest BCUT2D eigenvalue weighted by Gasteiger charge is -2.16. The number of rotatable bonds is 4. The van der Waals surface area contributed by atoms with Crippen LogP contribution in [0.2, 0.25) is 0 Å². The third-order valence-electron chi connectivity index (χ3n) is 2.69. The molecule has 0 radical (unpaired) electrons. The van der Waals surface area contributed by atoms with Crippen LogP contribution in [0.3, 0.4) is 0 Å². The molecule has 0 saturated heterocycles. The molecule has 0 aliphatic rings. The van der Waals surface area contributed by atoms with Gasteiger partial charge in [-0.15, -0.1) is 0 Å². The molecule has 1 aromatic carbocycles. The molecule has 0 fully saturated rings. The summed E-state index contributed by atoms with van der Waals surface area (Å²) in [6.45, 7) is -0.266. The fourth-order valence-corrected chi connectivity index (χ4v) is 1.71. The third kappa shape index (κ3) is 3.14. The minimum absolute atomic E-state index is 0.142. The van der Waals surface area contributed by atoms with Crippen LogP contribution in [-0.2, 0) is 0 Å². The lowest BCUT2D eigenvalue weighted by molar-refractivity contribution is 0.0911. The fourth-order valence-electron chi connectivity index (χ4n) is 1.71. The van der Waals surface area contributed by atoms with Crippen molar-refractivity contribution in [2.75, 3.05) is 6.61 Å². The number of hydrogen-bond acceptors (Lipinski definition) is 3. The predicted molar refractivity (Wildman–Crippen MR) is 67.9 cm³/mol. The van der Waals surface area contributed by atoms with Crippen molar-refractivity contribution in [1.82, 2.24) is 10.3 Å². The SMILES string of the molecule is O=C(N[C@@H](CO)c1ccccc1)c1cccnc1F. The summed E-state index contributed by atoms with van der Waals surface area (Å²) in [5.74, 6) is -1.43. The number of benzene rings is 1. The number of amides is 1. The number of aliphatic hydroxyl groups excluding tert-OH is 1. The smallest absolute Gasteiger partial charge is 0.256 e. The van der Waals surface area contributed by atoms with Crippen molar-refractivity contribution in [3.05, 3.63) is 65.7 Å². The highest BCUT2D eigenvalue weighted by Crippen LogP contribution is 2.13. The fraction of sp³-hybridized carbons (Fsp3) is 0.143. The summed E-state index contributed by atoms with van der Waals surface area (Å²) in [6.07, 6.45) is 1.27. The van der Waals surface area contributed by atoms with E-state index in [2.05, 4.69) is 10.3 Å². The Hall–Kier alpha value is -2.27. The van der Waals surface area contributed by atoms with Crippen LogP contribution >= 0.6 is 0 Å². The van der Waals surface area contributed by atoms with E-state index in [1.165, 1.54) is 18.3 Å². The van der Waals surface area contributed by atoms with E-state index in [9.17, 15) is 14.3 Å². The maximum atomic E-state index is 13.4. The Morgan fingerprint density at radius 3 is 2.63 bits per heavy atom. The zero-order chi connectivity index (χ0) is 13.7. The van der Waals surface area contributed by atoms with Crippen LogP contribution in [-0.4, -0.2) is 22.6 Å². The number of pyridine rings is 1. The number of carbonyl (C=O) groups excluding carboxylic acids is 1. The second kappa shape index (κ2) is 6.06. The van der Waals surface area contributed by atoms with Crippen molar-refractivity contribution in [3.8, 4) is 0 Å². The van der Waals surface area contributed by atoms with Gasteiger partial charge < -0.3 is 10.4 Å². The van der Waals surface area contributed by atoms with Gasteiger partial charge in [0.15, 0.2) is 0 Å². The summed E-state index contributed by atoms with van der Waals surface area (Å²) in [5, 5.41) is 11.9. The maximum absolute atomic E-state index is 13.4. The average molecular weight is 260 g/mol. The van der Waals surface area contributed by atoms with Gasteiger partial charge in [0.25, 0.3) is 5.91 Å². The molecular formula is C14H13FN2O2. The number of nitrogens with zero attached hydrogens (tertiary/aromatic N) is 1. The summed E-state index contributed by atoms with van der Waals surface area (Å²) in [7, 11) is 0. The maximum Gasteiger partial charge on any atom is 0.256 e. The first-order chi connectivity index (χ1) is 9.22. The van der Waals surface area contributed by atoms with E-state index >= 15 is 0 Å². The van der Waals surface area contributed by atoms with Gasteiger partial charge in [0.2, 0.25) is 5.95 Å². The highest BCUT2D eigenvalue weighted by Gasteiger charge is 2.17. The highest BCUT2D eigenvalue weighted by molar-refractivity contribution is 5.94. The van der Waals surface area contributed by atoms with Gasteiger partial charge >= 0.3 is 0 Å². The molecule has 2 N–H and O–H groups in total. The molecule has 0 bridgehead atoms. The molecule has 0 aliphatic carbocycles. The summed E-state index contributed by atoms with van der Waals surface area (Å²) >= 11 is 0. The summed E-state index contributed by atoms with van der Waals surface area (Å²) < 4.78 is 13.4. The number of nitrogens with one attached hydrogen (secondary N) is 1. The average Bonchev–Trinajstić information content (AvgIpc) is 2.46. The lowest BCUT2D eigenvalue weighted by atomic mass is 10.1. The van der Waals surface area contributed by atoms with E-state index in [1.807, 2.05) is 6.07 Å².